The molecule has 2 heteroatoms. The van der Waals surface area contributed by atoms with Crippen LogP contribution in [-0.2, 0) is 10.8 Å². The van der Waals surface area contributed by atoms with Crippen LogP contribution < -0.4 is 0 Å². The van der Waals surface area contributed by atoms with Gasteiger partial charge in [-0.25, -0.2) is 0 Å². The van der Waals surface area contributed by atoms with Crippen LogP contribution in [-0.4, -0.2) is 10.8 Å². The molecule has 23 heavy (non-hydrogen) atoms. The van der Waals surface area contributed by atoms with Crippen molar-refractivity contribution in [2.45, 2.75) is 98.6 Å². The molecule has 1 N–H and O–H groups in total. The molecule has 0 saturated carbocycles. The standard InChI is InChI=1S/C14H22O.C4H11P.C3H8/c1-13(2,3)10-7-8-12(15)11(9-10)14(4,5)6;1-3-4(2)5;1-3-2/h7-9,15H,1-6H3;4H,3,5H2,1-2H3;3H2,1-2H3. The summed E-state index contributed by atoms with van der Waals surface area (Å²) in [5, 5.41) is 9.84. The summed E-state index contributed by atoms with van der Waals surface area (Å²) in [7, 11) is 2.73. The maximum absolute atomic E-state index is 9.84. The fraction of sp³-hybridized carbons (Fsp3) is 0.714. The normalized spacial score (nSPS) is 12.5. The van der Waals surface area contributed by atoms with Crippen LogP contribution in [0.25, 0.3) is 0 Å². The van der Waals surface area contributed by atoms with Crippen molar-refractivity contribution in [3.8, 4) is 5.75 Å². The topological polar surface area (TPSA) is 20.2 Å². The molecule has 0 saturated heterocycles. The van der Waals surface area contributed by atoms with E-state index in [0.29, 0.717) is 5.75 Å². The van der Waals surface area contributed by atoms with Gasteiger partial charge in [0, 0.05) is 0 Å². The molecule has 1 nitrogen and oxygen atoms in total. The van der Waals surface area contributed by atoms with E-state index in [-0.39, 0.29) is 10.8 Å². The van der Waals surface area contributed by atoms with Crippen LogP contribution in [0.15, 0.2) is 18.2 Å². The number of hydrogen-bond acceptors (Lipinski definition) is 1. The summed E-state index contributed by atoms with van der Waals surface area (Å²) < 4.78 is 0. The molecule has 0 aromatic heterocycles. The van der Waals surface area contributed by atoms with Gasteiger partial charge in [-0.2, -0.15) is 0 Å². The van der Waals surface area contributed by atoms with Crippen molar-refractivity contribution >= 4 is 9.24 Å². The second-order valence-corrected chi connectivity index (χ2v) is 9.46. The Bertz CT molecular complexity index is 422. The Labute approximate surface area is 148 Å². The molecule has 2 unspecified atom stereocenters. The van der Waals surface area contributed by atoms with E-state index >= 15 is 0 Å². The van der Waals surface area contributed by atoms with Gasteiger partial charge < -0.3 is 5.11 Å². The lowest BCUT2D eigenvalue weighted by atomic mass is 9.80. The van der Waals surface area contributed by atoms with Gasteiger partial charge in [0.2, 0.25) is 0 Å². The molecule has 0 bridgehead atoms. The lowest BCUT2D eigenvalue weighted by molar-refractivity contribution is 0.444. The minimum Gasteiger partial charge on any atom is -0.508 e. The van der Waals surface area contributed by atoms with E-state index in [1.807, 2.05) is 6.07 Å². The van der Waals surface area contributed by atoms with Crippen LogP contribution in [0, 0.1) is 0 Å². The van der Waals surface area contributed by atoms with Crippen molar-refractivity contribution in [3.63, 3.8) is 0 Å². The Morgan fingerprint density at radius 1 is 0.957 bits per heavy atom. The van der Waals surface area contributed by atoms with Crippen LogP contribution >= 0.6 is 9.24 Å². The van der Waals surface area contributed by atoms with Crippen molar-refractivity contribution in [1.82, 2.24) is 0 Å². The number of rotatable bonds is 1. The summed E-state index contributed by atoms with van der Waals surface area (Å²) in [5.74, 6) is 0.399. The molecular weight excluding hydrogens is 299 g/mol. The van der Waals surface area contributed by atoms with Crippen LogP contribution in [0.2, 0.25) is 0 Å². The molecule has 0 fully saturated rings. The zero-order chi connectivity index (χ0) is 18.8. The second-order valence-electron chi connectivity index (χ2n) is 8.32. The monoisotopic (exact) mass is 340 g/mol. The molecule has 0 amide bonds. The fourth-order valence-electron chi connectivity index (χ4n) is 1.60. The summed E-state index contributed by atoms with van der Waals surface area (Å²) in [6.45, 7) is 21.5. The Balaban J connectivity index is 0. The number of hydrogen-bond donors (Lipinski definition) is 1. The third-order valence-electron chi connectivity index (χ3n) is 3.31. The Kier molecular flexibility index (Phi) is 11.9. The molecule has 0 radical (unpaired) electrons. The largest absolute Gasteiger partial charge is 0.508 e. The number of phenolic OH excluding ortho intramolecular Hbond substituents is 1. The zero-order valence-electron chi connectivity index (χ0n) is 17.2. The summed E-state index contributed by atoms with van der Waals surface area (Å²) in [6.07, 6.45) is 2.52. The minimum absolute atomic E-state index is 0.00859. The second kappa shape index (κ2) is 11.1. The molecule has 0 aliphatic rings. The van der Waals surface area contributed by atoms with Crippen LogP contribution in [0.5, 0.6) is 5.75 Å². The van der Waals surface area contributed by atoms with Gasteiger partial charge >= 0.3 is 0 Å². The first-order valence-corrected chi connectivity index (χ1v) is 9.57. The highest BCUT2D eigenvalue weighted by molar-refractivity contribution is 7.17. The molecule has 1 aromatic carbocycles. The molecular formula is C21H41OP. The van der Waals surface area contributed by atoms with Gasteiger partial charge in [0.25, 0.3) is 0 Å². The molecule has 2 atom stereocenters. The summed E-state index contributed by atoms with van der Waals surface area (Å²) in [5.41, 5.74) is 3.22. The first-order chi connectivity index (χ1) is 10.3. The van der Waals surface area contributed by atoms with E-state index in [0.717, 1.165) is 11.2 Å². The average molecular weight is 341 g/mol. The van der Waals surface area contributed by atoms with E-state index in [1.54, 1.807) is 6.07 Å². The van der Waals surface area contributed by atoms with E-state index in [2.05, 4.69) is 84.5 Å². The molecule has 136 valence electrons. The van der Waals surface area contributed by atoms with Crippen molar-refractivity contribution in [2.24, 2.45) is 0 Å². The van der Waals surface area contributed by atoms with E-state index in [4.69, 9.17) is 0 Å². The lowest BCUT2D eigenvalue weighted by Crippen LogP contribution is -2.16. The van der Waals surface area contributed by atoms with Gasteiger partial charge in [-0.1, -0.05) is 94.2 Å². The highest BCUT2D eigenvalue weighted by atomic mass is 31.0. The van der Waals surface area contributed by atoms with Crippen molar-refractivity contribution in [2.75, 3.05) is 0 Å². The van der Waals surface area contributed by atoms with Gasteiger partial charge in [-0.05, 0) is 33.7 Å². The summed E-state index contributed by atoms with van der Waals surface area (Å²) in [4.78, 5) is 0. The van der Waals surface area contributed by atoms with Gasteiger partial charge in [0.15, 0.2) is 0 Å². The third kappa shape index (κ3) is 11.6. The van der Waals surface area contributed by atoms with Crippen molar-refractivity contribution in [1.29, 1.82) is 0 Å². The number of benzene rings is 1. The molecule has 0 heterocycles. The smallest absolute Gasteiger partial charge is 0.119 e. The Hall–Kier alpha value is -0.550. The van der Waals surface area contributed by atoms with Crippen molar-refractivity contribution in [3.05, 3.63) is 29.3 Å². The van der Waals surface area contributed by atoms with Crippen LogP contribution in [0.1, 0.15) is 93.2 Å². The molecule has 0 aliphatic heterocycles. The minimum atomic E-state index is -0.00859. The predicted molar refractivity (Wildman–Crippen MR) is 111 cm³/mol. The highest BCUT2D eigenvalue weighted by Gasteiger charge is 2.21. The fourth-order valence-corrected chi connectivity index (χ4v) is 1.60. The van der Waals surface area contributed by atoms with E-state index < -0.39 is 0 Å². The lowest BCUT2D eigenvalue weighted by Gasteiger charge is -2.25. The number of phenols is 1. The maximum atomic E-state index is 9.84. The third-order valence-corrected chi connectivity index (χ3v) is 3.79. The SMILES string of the molecule is CC(C)(C)c1ccc(O)c(C(C)(C)C)c1.CCC.CCC(C)P. The highest BCUT2D eigenvalue weighted by Crippen LogP contribution is 2.34. The van der Waals surface area contributed by atoms with E-state index in [9.17, 15) is 5.11 Å². The Morgan fingerprint density at radius 3 is 1.61 bits per heavy atom. The van der Waals surface area contributed by atoms with Gasteiger partial charge in [0.05, 0.1) is 0 Å². The Morgan fingerprint density at radius 2 is 1.35 bits per heavy atom. The van der Waals surface area contributed by atoms with Crippen LogP contribution in [0.3, 0.4) is 0 Å². The molecule has 0 aliphatic carbocycles. The van der Waals surface area contributed by atoms with Crippen LogP contribution in [0.4, 0.5) is 0 Å². The summed E-state index contributed by atoms with van der Waals surface area (Å²) in [6, 6.07) is 5.93. The number of aromatic hydroxyl groups is 1. The van der Waals surface area contributed by atoms with Crippen molar-refractivity contribution < 1.29 is 5.11 Å². The predicted octanol–water partition coefficient (Wildman–Crippen LogP) is 7.06. The van der Waals surface area contributed by atoms with E-state index in [1.165, 1.54) is 18.4 Å². The first-order valence-electron chi connectivity index (χ1n) is 8.90. The first kappa shape index (κ1) is 24.7. The van der Waals surface area contributed by atoms with Gasteiger partial charge in [0.1, 0.15) is 5.75 Å². The van der Waals surface area contributed by atoms with Gasteiger partial charge in [-0.3, -0.25) is 0 Å². The quantitative estimate of drug-likeness (QED) is 0.542. The maximum Gasteiger partial charge on any atom is 0.119 e. The van der Waals surface area contributed by atoms with Gasteiger partial charge in [-0.15, -0.1) is 9.24 Å². The molecule has 1 rings (SSSR count). The molecule has 1 aromatic rings. The average Bonchev–Trinajstić information content (AvgIpc) is 2.38. The summed E-state index contributed by atoms with van der Waals surface area (Å²) >= 11 is 0. The molecule has 0 spiro atoms. The zero-order valence-corrected chi connectivity index (χ0v) is 18.4.